The van der Waals surface area contributed by atoms with Crippen LogP contribution >= 0.6 is 11.6 Å². The molecule has 1 aliphatic rings. The van der Waals surface area contributed by atoms with Crippen LogP contribution in [0.25, 0.3) is 5.76 Å². The molecule has 1 saturated heterocycles. The van der Waals surface area contributed by atoms with E-state index in [9.17, 15) is 14.7 Å². The average molecular weight is 520 g/mol. The van der Waals surface area contributed by atoms with Crippen LogP contribution in [0.2, 0.25) is 5.02 Å². The number of aryl methyl sites for hydroxylation is 1. The maximum Gasteiger partial charge on any atom is 0.295 e. The molecule has 1 aromatic heterocycles. The smallest absolute Gasteiger partial charge is 0.295 e. The van der Waals surface area contributed by atoms with Crippen LogP contribution in [0, 0.1) is 6.92 Å². The van der Waals surface area contributed by atoms with Gasteiger partial charge in [0.1, 0.15) is 11.5 Å². The Bertz CT molecular complexity index is 1340. The molecular formula is C29H30ClN3O4. The van der Waals surface area contributed by atoms with Crippen molar-refractivity contribution in [2.75, 3.05) is 25.1 Å². The fourth-order valence-corrected chi connectivity index (χ4v) is 5.14. The van der Waals surface area contributed by atoms with Crippen molar-refractivity contribution in [3.05, 3.63) is 93.8 Å². The molecule has 1 amide bonds. The number of aliphatic hydroxyl groups excluding tert-OH is 1. The van der Waals surface area contributed by atoms with Crippen LogP contribution in [0.15, 0.2) is 66.5 Å². The minimum Gasteiger partial charge on any atom is -0.507 e. The molecule has 1 atom stereocenters. The summed E-state index contributed by atoms with van der Waals surface area (Å²) in [5.41, 5.74) is 3.53. The fourth-order valence-electron chi connectivity index (χ4n) is 4.79. The Morgan fingerprint density at radius 2 is 1.84 bits per heavy atom. The summed E-state index contributed by atoms with van der Waals surface area (Å²) in [6, 6.07) is 13.9. The highest BCUT2D eigenvalue weighted by atomic mass is 35.5. The Balaban J connectivity index is 1.90. The molecule has 0 saturated carbocycles. The number of pyridine rings is 1. The third-order valence-electron chi connectivity index (χ3n) is 6.60. The second-order valence-electron chi connectivity index (χ2n) is 8.88. The fraction of sp³-hybridized carbons (Fsp3) is 0.276. The second kappa shape index (κ2) is 11.0. The largest absolute Gasteiger partial charge is 0.507 e. The van der Waals surface area contributed by atoms with Gasteiger partial charge < -0.3 is 19.6 Å². The molecule has 1 fully saturated rings. The van der Waals surface area contributed by atoms with E-state index < -0.39 is 17.7 Å². The minimum absolute atomic E-state index is 0.00977. The summed E-state index contributed by atoms with van der Waals surface area (Å²) >= 11 is 6.38. The number of rotatable bonds is 8. The zero-order valence-corrected chi connectivity index (χ0v) is 22.1. The highest BCUT2D eigenvalue weighted by Crippen LogP contribution is 2.43. The summed E-state index contributed by atoms with van der Waals surface area (Å²) in [6.45, 7) is 7.85. The molecule has 37 heavy (non-hydrogen) atoms. The number of Topliss-reactive ketones (excluding diaryl/α,β-unsaturated/α-hetero) is 1. The van der Waals surface area contributed by atoms with Gasteiger partial charge in [0.2, 0.25) is 0 Å². The topological polar surface area (TPSA) is 83.0 Å². The van der Waals surface area contributed by atoms with Crippen molar-refractivity contribution in [1.29, 1.82) is 0 Å². The molecule has 8 heteroatoms. The normalized spacial score (nSPS) is 16.8. The van der Waals surface area contributed by atoms with E-state index in [1.165, 1.54) is 12.0 Å². The molecule has 1 N–H and O–H groups in total. The zero-order chi connectivity index (χ0) is 26.7. The zero-order valence-electron chi connectivity index (χ0n) is 21.4. The molecule has 7 nitrogen and oxygen atoms in total. The quantitative estimate of drug-likeness (QED) is 0.240. The summed E-state index contributed by atoms with van der Waals surface area (Å²) in [7, 11) is 1.44. The van der Waals surface area contributed by atoms with E-state index in [1.807, 2.05) is 37.3 Å². The van der Waals surface area contributed by atoms with E-state index in [2.05, 4.69) is 23.7 Å². The molecule has 0 aliphatic carbocycles. The number of ether oxygens (including phenoxy) is 1. The first-order valence-electron chi connectivity index (χ1n) is 12.2. The molecule has 0 bridgehead atoms. The first-order valence-corrected chi connectivity index (χ1v) is 12.5. The molecule has 2 aromatic carbocycles. The maximum atomic E-state index is 13.4. The first-order chi connectivity index (χ1) is 17.8. The molecule has 1 unspecified atom stereocenters. The van der Waals surface area contributed by atoms with E-state index in [-0.39, 0.29) is 29.2 Å². The number of aliphatic hydroxyl groups is 1. The lowest BCUT2D eigenvalue weighted by atomic mass is 9.94. The Morgan fingerprint density at radius 1 is 1.14 bits per heavy atom. The summed E-state index contributed by atoms with van der Waals surface area (Å²) in [6.07, 6.45) is 3.30. The molecule has 192 valence electrons. The van der Waals surface area contributed by atoms with E-state index in [1.54, 1.807) is 30.6 Å². The van der Waals surface area contributed by atoms with Crippen molar-refractivity contribution in [2.24, 2.45) is 0 Å². The van der Waals surface area contributed by atoms with E-state index in [4.69, 9.17) is 16.3 Å². The van der Waals surface area contributed by atoms with Crippen molar-refractivity contribution in [3.63, 3.8) is 0 Å². The number of likely N-dealkylation sites (tertiary alicyclic amines) is 1. The Hall–Kier alpha value is -3.84. The van der Waals surface area contributed by atoms with Crippen LogP contribution < -0.4 is 9.64 Å². The van der Waals surface area contributed by atoms with Crippen LogP contribution in [0.1, 0.15) is 42.1 Å². The van der Waals surface area contributed by atoms with Crippen LogP contribution in [0.5, 0.6) is 5.75 Å². The third-order valence-corrected chi connectivity index (χ3v) is 6.88. The molecule has 2 heterocycles. The molecule has 0 radical (unpaired) electrons. The number of carbonyl (C=O) groups is 2. The summed E-state index contributed by atoms with van der Waals surface area (Å²) < 4.78 is 5.45. The van der Waals surface area contributed by atoms with Gasteiger partial charge in [0.05, 0.1) is 29.3 Å². The lowest BCUT2D eigenvalue weighted by Gasteiger charge is -2.27. The van der Waals surface area contributed by atoms with Gasteiger partial charge >= 0.3 is 0 Å². The lowest BCUT2D eigenvalue weighted by molar-refractivity contribution is -0.140. The Morgan fingerprint density at radius 3 is 2.43 bits per heavy atom. The van der Waals surface area contributed by atoms with Crippen LogP contribution in [-0.4, -0.2) is 46.9 Å². The van der Waals surface area contributed by atoms with Gasteiger partial charge in [0, 0.05) is 37.7 Å². The summed E-state index contributed by atoms with van der Waals surface area (Å²) in [5.74, 6) is -1.55. The van der Waals surface area contributed by atoms with Crippen LogP contribution in [-0.2, 0) is 16.1 Å². The number of hydrogen-bond acceptors (Lipinski definition) is 6. The number of ketones is 1. The van der Waals surface area contributed by atoms with Gasteiger partial charge in [-0.05, 0) is 67.8 Å². The van der Waals surface area contributed by atoms with Gasteiger partial charge in [-0.3, -0.25) is 14.6 Å². The number of methoxy groups -OCH3 is 1. The Kier molecular flexibility index (Phi) is 7.83. The number of carbonyl (C=O) groups excluding carboxylic acids is 2. The molecular weight excluding hydrogens is 490 g/mol. The number of hydrogen-bond donors (Lipinski definition) is 1. The maximum absolute atomic E-state index is 13.4. The predicted octanol–water partition coefficient (Wildman–Crippen LogP) is 5.52. The van der Waals surface area contributed by atoms with Crippen LogP contribution in [0.3, 0.4) is 0 Å². The highest BCUT2D eigenvalue weighted by molar-refractivity contribution is 6.46. The number of halogens is 1. The van der Waals surface area contributed by atoms with Gasteiger partial charge in [-0.2, -0.15) is 0 Å². The van der Waals surface area contributed by atoms with Gasteiger partial charge in [0.15, 0.2) is 0 Å². The number of nitrogens with zero attached hydrogens (tertiary/aromatic N) is 3. The van der Waals surface area contributed by atoms with Gasteiger partial charge in [-0.1, -0.05) is 29.8 Å². The third kappa shape index (κ3) is 5.04. The van der Waals surface area contributed by atoms with Crippen molar-refractivity contribution < 1.29 is 19.4 Å². The number of amides is 1. The predicted molar refractivity (Wildman–Crippen MR) is 145 cm³/mol. The van der Waals surface area contributed by atoms with Crippen molar-refractivity contribution >= 4 is 34.7 Å². The SMILES string of the molecule is CCN(CC)c1ccc(C2/C(=C(\O)c3cc(C)cc(Cl)c3OC)C(=O)C(=O)N2Cc2cccnc2)cc1. The Labute approximate surface area is 222 Å². The van der Waals surface area contributed by atoms with Gasteiger partial charge in [-0.25, -0.2) is 0 Å². The lowest BCUT2D eigenvalue weighted by Crippen LogP contribution is -2.29. The van der Waals surface area contributed by atoms with E-state index in [0.717, 1.165) is 29.9 Å². The molecule has 3 aromatic rings. The van der Waals surface area contributed by atoms with Gasteiger partial charge in [-0.15, -0.1) is 0 Å². The summed E-state index contributed by atoms with van der Waals surface area (Å²) in [5, 5.41) is 11.8. The van der Waals surface area contributed by atoms with Gasteiger partial charge in [0.25, 0.3) is 11.7 Å². The van der Waals surface area contributed by atoms with Crippen molar-refractivity contribution in [2.45, 2.75) is 33.4 Å². The molecule has 1 aliphatic heterocycles. The molecule has 0 spiro atoms. The standard InChI is InChI=1S/C29H30ClN3O4/c1-5-32(6-2)21-11-9-20(10-12-21)25-24(26(34)22-14-18(3)15-23(30)28(22)37-4)27(35)29(36)33(25)17-19-8-7-13-31-16-19/h7-16,25,34H,5-6,17H2,1-4H3/b26-24+. The summed E-state index contributed by atoms with van der Waals surface area (Å²) in [4.78, 5) is 34.6. The van der Waals surface area contributed by atoms with Crippen molar-refractivity contribution in [1.82, 2.24) is 9.88 Å². The van der Waals surface area contributed by atoms with Crippen molar-refractivity contribution in [3.8, 4) is 5.75 Å². The number of benzene rings is 2. The highest BCUT2D eigenvalue weighted by Gasteiger charge is 2.46. The van der Waals surface area contributed by atoms with E-state index >= 15 is 0 Å². The average Bonchev–Trinajstić information content (AvgIpc) is 3.14. The van der Waals surface area contributed by atoms with E-state index in [0.29, 0.717) is 10.6 Å². The monoisotopic (exact) mass is 519 g/mol. The number of aromatic nitrogens is 1. The minimum atomic E-state index is -0.810. The second-order valence-corrected chi connectivity index (χ2v) is 9.29. The first kappa shape index (κ1) is 26.2. The van der Waals surface area contributed by atoms with Crippen LogP contribution in [0.4, 0.5) is 5.69 Å². The molecule has 4 rings (SSSR count). The number of anilines is 1.